The number of nitrogens with one attached hydrogen (secondary N) is 1. The van der Waals surface area contributed by atoms with Gasteiger partial charge in [-0.1, -0.05) is 23.4 Å². The Kier molecular flexibility index (Phi) is 4.06. The molecule has 0 spiro atoms. The number of amides is 1. The summed E-state index contributed by atoms with van der Waals surface area (Å²) >= 11 is 0. The third kappa shape index (κ3) is 3.47. The number of halogens is 3. The Labute approximate surface area is 117 Å². The summed E-state index contributed by atoms with van der Waals surface area (Å²) in [4.78, 5) is 14.9. The maximum Gasteiger partial charge on any atom is 0.471 e. The number of carbonyl (C=O) groups is 1. The zero-order chi connectivity index (χ0) is 15.5. The Morgan fingerprint density at radius 2 is 2.00 bits per heavy atom. The van der Waals surface area contributed by atoms with Crippen LogP contribution in [0.3, 0.4) is 0 Å². The summed E-state index contributed by atoms with van der Waals surface area (Å²) in [5.74, 6) is -1.92. The van der Waals surface area contributed by atoms with Crippen molar-refractivity contribution in [3.8, 4) is 11.4 Å². The van der Waals surface area contributed by atoms with Crippen molar-refractivity contribution in [2.24, 2.45) is 0 Å². The van der Waals surface area contributed by atoms with Crippen LogP contribution < -0.4 is 5.32 Å². The van der Waals surface area contributed by atoms with Crippen molar-refractivity contribution in [2.45, 2.75) is 6.18 Å². The molecular weight excluding hydrogens is 287 g/mol. The van der Waals surface area contributed by atoms with Crippen molar-refractivity contribution in [3.63, 3.8) is 0 Å². The molecule has 1 N–H and O–H groups in total. The Bertz CT molecular complexity index is 647. The quantitative estimate of drug-likeness (QED) is 0.881. The molecule has 0 aliphatic heterocycles. The minimum Gasteiger partial charge on any atom is -0.349 e. The summed E-state index contributed by atoms with van der Waals surface area (Å²) in [5.41, 5.74) is 0.676. The molecule has 5 nitrogen and oxygen atoms in total. The fourth-order valence-electron chi connectivity index (χ4n) is 1.49. The Morgan fingerprint density at radius 3 is 2.52 bits per heavy atom. The van der Waals surface area contributed by atoms with E-state index in [4.69, 9.17) is 0 Å². The first-order chi connectivity index (χ1) is 9.91. The van der Waals surface area contributed by atoms with Crippen LogP contribution in [0.1, 0.15) is 16.2 Å². The van der Waals surface area contributed by atoms with Crippen molar-refractivity contribution >= 4 is 5.91 Å². The summed E-state index contributed by atoms with van der Waals surface area (Å²) in [7, 11) is 0. The van der Waals surface area contributed by atoms with Crippen LogP contribution in [0.5, 0.6) is 0 Å². The van der Waals surface area contributed by atoms with Crippen molar-refractivity contribution in [3.05, 3.63) is 48.4 Å². The third-order valence-corrected chi connectivity index (χ3v) is 2.48. The van der Waals surface area contributed by atoms with Gasteiger partial charge in [0, 0.05) is 17.7 Å². The first-order valence-corrected chi connectivity index (χ1v) is 5.82. The number of carbonyl (C=O) groups excluding carboxylic acids is 1. The van der Waals surface area contributed by atoms with Gasteiger partial charge in [0.2, 0.25) is 5.82 Å². The van der Waals surface area contributed by atoms with Gasteiger partial charge in [-0.15, -0.1) is 6.58 Å². The zero-order valence-corrected chi connectivity index (χ0v) is 10.6. The molecule has 0 aliphatic carbocycles. The molecule has 21 heavy (non-hydrogen) atoms. The summed E-state index contributed by atoms with van der Waals surface area (Å²) in [6.07, 6.45) is -3.15. The molecule has 1 aromatic carbocycles. The van der Waals surface area contributed by atoms with Crippen LogP contribution in [-0.4, -0.2) is 22.6 Å². The smallest absolute Gasteiger partial charge is 0.349 e. The van der Waals surface area contributed by atoms with E-state index in [1.165, 1.54) is 30.3 Å². The van der Waals surface area contributed by atoms with E-state index in [-0.39, 0.29) is 11.7 Å². The Morgan fingerprint density at radius 1 is 1.33 bits per heavy atom. The highest BCUT2D eigenvalue weighted by Crippen LogP contribution is 2.29. The molecule has 0 saturated carbocycles. The normalized spacial score (nSPS) is 11.2. The van der Waals surface area contributed by atoms with Gasteiger partial charge in [0.05, 0.1) is 0 Å². The summed E-state index contributed by atoms with van der Waals surface area (Å²) in [6.45, 7) is 3.79. The minimum absolute atomic E-state index is 0.194. The van der Waals surface area contributed by atoms with E-state index in [9.17, 15) is 18.0 Å². The average molecular weight is 297 g/mol. The monoisotopic (exact) mass is 297 g/mol. The number of hydrogen-bond acceptors (Lipinski definition) is 4. The highest BCUT2D eigenvalue weighted by molar-refractivity contribution is 5.94. The molecule has 0 fully saturated rings. The fraction of sp³-hybridized carbons (Fsp3) is 0.154. The predicted molar refractivity (Wildman–Crippen MR) is 67.3 cm³/mol. The maximum atomic E-state index is 12.3. The second-order valence-electron chi connectivity index (χ2n) is 4.00. The lowest BCUT2D eigenvalue weighted by Gasteiger charge is -2.02. The molecular formula is C13H10F3N3O2. The number of nitrogens with zero attached hydrogens (tertiary/aromatic N) is 2. The molecule has 110 valence electrons. The molecule has 0 bridgehead atoms. The topological polar surface area (TPSA) is 68.0 Å². The van der Waals surface area contributed by atoms with Gasteiger partial charge in [-0.2, -0.15) is 18.2 Å². The predicted octanol–water partition coefficient (Wildman–Crippen LogP) is 2.67. The molecule has 0 aliphatic rings. The number of rotatable bonds is 4. The number of hydrogen-bond donors (Lipinski definition) is 1. The Hall–Kier alpha value is -2.64. The lowest BCUT2D eigenvalue weighted by Crippen LogP contribution is -2.22. The molecule has 2 aromatic rings. The number of aromatic nitrogens is 2. The number of alkyl halides is 3. The van der Waals surface area contributed by atoms with E-state index in [0.29, 0.717) is 17.7 Å². The van der Waals surface area contributed by atoms with Gasteiger partial charge in [-0.25, -0.2) is 0 Å². The lowest BCUT2D eigenvalue weighted by molar-refractivity contribution is -0.159. The maximum absolute atomic E-state index is 12.3. The standard InChI is InChI=1S/C13H10F3N3O2/c1-2-7-17-11(20)9-5-3-8(4-6-9)10-18-12(21-19-10)13(14,15)16/h2-6H,1,7H2,(H,17,20). The van der Waals surface area contributed by atoms with Crippen LogP contribution in [-0.2, 0) is 6.18 Å². The first kappa shape index (κ1) is 14.8. The van der Waals surface area contributed by atoms with Crippen LogP contribution in [0.25, 0.3) is 11.4 Å². The van der Waals surface area contributed by atoms with Gasteiger partial charge in [0.25, 0.3) is 5.91 Å². The van der Waals surface area contributed by atoms with Crippen molar-refractivity contribution in [2.75, 3.05) is 6.54 Å². The summed E-state index contributed by atoms with van der Waals surface area (Å²) < 4.78 is 41.2. The first-order valence-electron chi connectivity index (χ1n) is 5.82. The molecule has 0 radical (unpaired) electrons. The van der Waals surface area contributed by atoms with Gasteiger partial charge in [-0.05, 0) is 12.1 Å². The SMILES string of the molecule is C=CCNC(=O)c1ccc(-c2noc(C(F)(F)F)n2)cc1. The minimum atomic E-state index is -4.68. The largest absolute Gasteiger partial charge is 0.471 e. The summed E-state index contributed by atoms with van der Waals surface area (Å²) in [5, 5.41) is 5.83. The molecule has 2 rings (SSSR count). The molecule has 1 amide bonds. The molecule has 0 atom stereocenters. The molecule has 1 heterocycles. The van der Waals surface area contributed by atoms with Gasteiger partial charge in [0.1, 0.15) is 0 Å². The highest BCUT2D eigenvalue weighted by atomic mass is 19.4. The molecule has 0 unspecified atom stereocenters. The fourth-order valence-corrected chi connectivity index (χ4v) is 1.49. The third-order valence-electron chi connectivity index (χ3n) is 2.48. The van der Waals surface area contributed by atoms with E-state index in [1.54, 1.807) is 0 Å². The lowest BCUT2D eigenvalue weighted by atomic mass is 10.1. The van der Waals surface area contributed by atoms with E-state index in [0.717, 1.165) is 0 Å². The second kappa shape index (κ2) is 5.78. The average Bonchev–Trinajstić information content (AvgIpc) is 2.95. The van der Waals surface area contributed by atoms with Crippen LogP contribution >= 0.6 is 0 Å². The van der Waals surface area contributed by atoms with Gasteiger partial charge in [-0.3, -0.25) is 4.79 Å². The van der Waals surface area contributed by atoms with E-state index >= 15 is 0 Å². The van der Waals surface area contributed by atoms with Gasteiger partial charge >= 0.3 is 12.1 Å². The van der Waals surface area contributed by atoms with Gasteiger partial charge in [0.15, 0.2) is 0 Å². The highest BCUT2D eigenvalue weighted by Gasteiger charge is 2.38. The molecule has 1 aromatic heterocycles. The Balaban J connectivity index is 2.17. The van der Waals surface area contributed by atoms with Crippen LogP contribution in [0, 0.1) is 0 Å². The van der Waals surface area contributed by atoms with Crippen LogP contribution in [0.2, 0.25) is 0 Å². The van der Waals surface area contributed by atoms with Gasteiger partial charge < -0.3 is 9.84 Å². The second-order valence-corrected chi connectivity index (χ2v) is 4.00. The van der Waals surface area contributed by atoms with Crippen molar-refractivity contribution < 1.29 is 22.5 Å². The van der Waals surface area contributed by atoms with Crippen molar-refractivity contribution in [1.29, 1.82) is 0 Å². The zero-order valence-electron chi connectivity index (χ0n) is 10.6. The van der Waals surface area contributed by atoms with Crippen molar-refractivity contribution in [1.82, 2.24) is 15.5 Å². The van der Waals surface area contributed by atoms with E-state index in [1.807, 2.05) is 0 Å². The van der Waals surface area contributed by atoms with E-state index in [2.05, 4.69) is 26.6 Å². The molecule has 8 heteroatoms. The molecule has 0 saturated heterocycles. The van der Waals surface area contributed by atoms with Crippen LogP contribution in [0.15, 0.2) is 41.4 Å². The summed E-state index contributed by atoms with van der Waals surface area (Å²) in [6, 6.07) is 5.79. The number of benzene rings is 1. The van der Waals surface area contributed by atoms with E-state index < -0.39 is 12.1 Å². The van der Waals surface area contributed by atoms with Crippen LogP contribution in [0.4, 0.5) is 13.2 Å².